The van der Waals surface area contributed by atoms with E-state index in [0.717, 1.165) is 25.7 Å². The van der Waals surface area contributed by atoms with Crippen LogP contribution in [0.4, 0.5) is 4.39 Å². The largest absolute Gasteiger partial charge is 0.330 e. The molecule has 1 aromatic carbocycles. The molecule has 1 saturated carbocycles. The second kappa shape index (κ2) is 5.36. The van der Waals surface area contributed by atoms with E-state index in [1.165, 1.54) is 18.9 Å². The Kier molecular flexibility index (Phi) is 4.05. The first-order valence-corrected chi connectivity index (χ1v) is 6.72. The summed E-state index contributed by atoms with van der Waals surface area (Å²) in [4.78, 5) is 0. The van der Waals surface area contributed by atoms with Gasteiger partial charge in [-0.2, -0.15) is 0 Å². The minimum absolute atomic E-state index is 0.204. The highest BCUT2D eigenvalue weighted by molar-refractivity contribution is 6.31. The molecule has 0 aromatic heterocycles. The van der Waals surface area contributed by atoms with Crippen LogP contribution >= 0.6 is 11.6 Å². The normalized spacial score (nSPS) is 19.9. The summed E-state index contributed by atoms with van der Waals surface area (Å²) in [6.07, 6.45) is 6.56. The first-order valence-electron chi connectivity index (χ1n) is 6.34. The third-order valence-electron chi connectivity index (χ3n) is 3.94. The molecule has 0 saturated heterocycles. The molecule has 2 N–H and O–H groups in total. The monoisotopic (exact) mass is 255 g/mol. The van der Waals surface area contributed by atoms with Crippen molar-refractivity contribution in [3.63, 3.8) is 0 Å². The molecule has 94 valence electrons. The molecule has 1 nitrogen and oxygen atoms in total. The minimum Gasteiger partial charge on any atom is -0.330 e. The average molecular weight is 256 g/mol. The molecule has 1 aromatic rings. The summed E-state index contributed by atoms with van der Waals surface area (Å²) in [5, 5.41) is 0.525. The Hall–Kier alpha value is -0.600. The number of hydrogen-bond donors (Lipinski definition) is 1. The quantitative estimate of drug-likeness (QED) is 0.794. The molecule has 0 bridgehead atoms. The molecule has 0 radical (unpaired) electrons. The van der Waals surface area contributed by atoms with Crippen LogP contribution in [0.5, 0.6) is 0 Å². The lowest BCUT2D eigenvalue weighted by molar-refractivity contribution is 0.365. The standard InChI is InChI=1S/C14H19ClFN/c15-11-6-5-7-12(16)13(11)14(10-17)8-3-1-2-4-9-14/h5-7H,1-4,8-10,17H2. The van der Waals surface area contributed by atoms with Crippen molar-refractivity contribution in [2.75, 3.05) is 6.54 Å². The molecule has 0 spiro atoms. The second-order valence-electron chi connectivity index (χ2n) is 5.00. The molecular weight excluding hydrogens is 237 g/mol. The van der Waals surface area contributed by atoms with E-state index >= 15 is 0 Å². The van der Waals surface area contributed by atoms with E-state index in [2.05, 4.69) is 0 Å². The van der Waals surface area contributed by atoms with E-state index in [1.807, 2.05) is 0 Å². The van der Waals surface area contributed by atoms with Crippen LogP contribution in [0.1, 0.15) is 44.1 Å². The fourth-order valence-corrected chi connectivity index (χ4v) is 3.33. The smallest absolute Gasteiger partial charge is 0.128 e. The SMILES string of the molecule is NCC1(c2c(F)cccc2Cl)CCCCCC1. The number of benzene rings is 1. The van der Waals surface area contributed by atoms with Crippen molar-refractivity contribution in [1.29, 1.82) is 0 Å². The Morgan fingerprint density at radius 3 is 2.35 bits per heavy atom. The molecule has 17 heavy (non-hydrogen) atoms. The third-order valence-corrected chi connectivity index (χ3v) is 4.26. The van der Waals surface area contributed by atoms with E-state index < -0.39 is 0 Å². The van der Waals surface area contributed by atoms with Crippen LogP contribution in [0.25, 0.3) is 0 Å². The number of halogens is 2. The molecule has 0 atom stereocenters. The summed E-state index contributed by atoms with van der Waals surface area (Å²) in [6.45, 7) is 0.480. The fourth-order valence-electron chi connectivity index (χ4n) is 2.97. The molecule has 3 heteroatoms. The predicted octanol–water partition coefficient (Wildman–Crippen LogP) is 4.03. The van der Waals surface area contributed by atoms with Crippen LogP contribution in [0, 0.1) is 5.82 Å². The van der Waals surface area contributed by atoms with Gasteiger partial charge in [0.25, 0.3) is 0 Å². The van der Waals surface area contributed by atoms with Crippen molar-refractivity contribution in [3.05, 3.63) is 34.6 Å². The van der Waals surface area contributed by atoms with Crippen molar-refractivity contribution in [2.45, 2.75) is 43.9 Å². The van der Waals surface area contributed by atoms with E-state index in [0.29, 0.717) is 17.1 Å². The van der Waals surface area contributed by atoms with Gasteiger partial charge in [-0.05, 0) is 25.0 Å². The number of hydrogen-bond acceptors (Lipinski definition) is 1. The second-order valence-corrected chi connectivity index (χ2v) is 5.40. The lowest BCUT2D eigenvalue weighted by Crippen LogP contribution is -2.36. The first-order chi connectivity index (χ1) is 8.19. The zero-order valence-electron chi connectivity index (χ0n) is 10.0. The van der Waals surface area contributed by atoms with E-state index in [-0.39, 0.29) is 11.2 Å². The van der Waals surface area contributed by atoms with Crippen molar-refractivity contribution in [1.82, 2.24) is 0 Å². The Labute approximate surface area is 107 Å². The van der Waals surface area contributed by atoms with E-state index in [4.69, 9.17) is 17.3 Å². The predicted molar refractivity (Wildman–Crippen MR) is 69.8 cm³/mol. The Balaban J connectivity index is 2.45. The fraction of sp³-hybridized carbons (Fsp3) is 0.571. The van der Waals surface area contributed by atoms with Crippen LogP contribution in [0.3, 0.4) is 0 Å². The molecule has 1 aliphatic rings. The summed E-state index contributed by atoms with van der Waals surface area (Å²) in [5.41, 5.74) is 6.35. The van der Waals surface area contributed by atoms with Crippen LogP contribution in [0.2, 0.25) is 5.02 Å². The molecule has 0 aliphatic heterocycles. The van der Waals surface area contributed by atoms with Crippen LogP contribution < -0.4 is 5.73 Å². The molecule has 1 fully saturated rings. The van der Waals surface area contributed by atoms with Gasteiger partial charge in [0.1, 0.15) is 5.82 Å². The highest BCUT2D eigenvalue weighted by Crippen LogP contribution is 2.41. The van der Waals surface area contributed by atoms with Crippen LogP contribution in [0.15, 0.2) is 18.2 Å². The maximum absolute atomic E-state index is 14.1. The summed E-state index contributed by atoms with van der Waals surface area (Å²) in [5.74, 6) is -0.204. The molecule has 1 aliphatic carbocycles. The van der Waals surface area contributed by atoms with Gasteiger partial charge in [0.15, 0.2) is 0 Å². The van der Waals surface area contributed by atoms with Crippen molar-refractivity contribution < 1.29 is 4.39 Å². The Bertz CT molecular complexity index is 364. The van der Waals surface area contributed by atoms with Gasteiger partial charge in [-0.15, -0.1) is 0 Å². The van der Waals surface area contributed by atoms with Gasteiger partial charge in [0.05, 0.1) is 0 Å². The maximum Gasteiger partial charge on any atom is 0.128 e. The minimum atomic E-state index is -0.251. The highest BCUT2D eigenvalue weighted by Gasteiger charge is 2.35. The maximum atomic E-state index is 14.1. The van der Waals surface area contributed by atoms with Gasteiger partial charge < -0.3 is 5.73 Å². The molecule has 0 amide bonds. The van der Waals surface area contributed by atoms with Crippen molar-refractivity contribution in [3.8, 4) is 0 Å². The molecule has 2 rings (SSSR count). The van der Waals surface area contributed by atoms with Gasteiger partial charge in [0, 0.05) is 22.5 Å². The third kappa shape index (κ3) is 2.48. The topological polar surface area (TPSA) is 26.0 Å². The van der Waals surface area contributed by atoms with Crippen LogP contribution in [-0.4, -0.2) is 6.54 Å². The molecule has 0 heterocycles. The van der Waals surface area contributed by atoms with Gasteiger partial charge in [-0.25, -0.2) is 4.39 Å². The Morgan fingerprint density at radius 1 is 1.18 bits per heavy atom. The van der Waals surface area contributed by atoms with E-state index in [1.54, 1.807) is 12.1 Å². The van der Waals surface area contributed by atoms with Gasteiger partial charge in [-0.3, -0.25) is 0 Å². The van der Waals surface area contributed by atoms with Crippen molar-refractivity contribution >= 4 is 11.6 Å². The summed E-state index contributed by atoms with van der Waals surface area (Å²) >= 11 is 6.19. The van der Waals surface area contributed by atoms with Crippen molar-refractivity contribution in [2.24, 2.45) is 5.73 Å². The summed E-state index contributed by atoms with van der Waals surface area (Å²) in [7, 11) is 0. The van der Waals surface area contributed by atoms with Gasteiger partial charge >= 0.3 is 0 Å². The summed E-state index contributed by atoms with van der Waals surface area (Å²) in [6, 6.07) is 4.91. The summed E-state index contributed by atoms with van der Waals surface area (Å²) < 4.78 is 14.1. The first kappa shape index (κ1) is 12.8. The molecule has 0 unspecified atom stereocenters. The van der Waals surface area contributed by atoms with Crippen LogP contribution in [-0.2, 0) is 5.41 Å². The van der Waals surface area contributed by atoms with E-state index in [9.17, 15) is 4.39 Å². The Morgan fingerprint density at radius 2 is 1.82 bits per heavy atom. The average Bonchev–Trinajstić information content (AvgIpc) is 2.55. The lowest BCUT2D eigenvalue weighted by Gasteiger charge is -2.33. The highest BCUT2D eigenvalue weighted by atomic mass is 35.5. The zero-order chi connectivity index (χ0) is 12.3. The van der Waals surface area contributed by atoms with Gasteiger partial charge in [0.2, 0.25) is 0 Å². The number of nitrogens with two attached hydrogens (primary N) is 1. The zero-order valence-corrected chi connectivity index (χ0v) is 10.8. The number of rotatable bonds is 2. The van der Waals surface area contributed by atoms with Gasteiger partial charge in [-0.1, -0.05) is 43.4 Å². The molecular formula is C14H19ClFN. The lowest BCUT2D eigenvalue weighted by atomic mass is 9.74.